The topological polar surface area (TPSA) is 33.0 Å². The van der Waals surface area contributed by atoms with Gasteiger partial charge in [0.1, 0.15) is 0 Å². The smallest absolute Gasteiger partial charge is 0.0995 e. The Morgan fingerprint density at radius 2 is 1.79 bits per heavy atom. The molecule has 0 unspecified atom stereocenters. The van der Waals surface area contributed by atoms with Crippen LogP contribution in [-0.4, -0.2) is 6.61 Å². The molecule has 0 N–H and O–H groups in total. The third-order valence-electron chi connectivity index (χ3n) is 3.80. The van der Waals surface area contributed by atoms with Crippen molar-refractivity contribution in [3.63, 3.8) is 0 Å². The van der Waals surface area contributed by atoms with Crippen LogP contribution in [0.25, 0.3) is 16.8 Å². The molecule has 3 rings (SSSR count). The van der Waals surface area contributed by atoms with Crippen LogP contribution in [0.1, 0.15) is 16.7 Å². The summed E-state index contributed by atoms with van der Waals surface area (Å²) in [4.78, 5) is 0. The first kappa shape index (κ1) is 16.4. The number of halogens is 1. The third kappa shape index (κ3) is 3.91. The van der Waals surface area contributed by atoms with Gasteiger partial charge in [0.15, 0.2) is 0 Å². The van der Waals surface area contributed by atoms with Crippen LogP contribution in [0.3, 0.4) is 0 Å². The van der Waals surface area contributed by atoms with E-state index >= 15 is 0 Å². The monoisotopic (exact) mass is 377 g/mol. The number of hydrogen-bond acceptors (Lipinski definition) is 2. The van der Waals surface area contributed by atoms with E-state index in [-0.39, 0.29) is 0 Å². The van der Waals surface area contributed by atoms with Gasteiger partial charge in [0.25, 0.3) is 0 Å². The lowest BCUT2D eigenvalue weighted by molar-refractivity contribution is 0.150. The van der Waals surface area contributed by atoms with Crippen LogP contribution < -0.4 is 0 Å². The molecule has 0 heterocycles. The lowest BCUT2D eigenvalue weighted by Crippen LogP contribution is -1.97. The highest BCUT2D eigenvalue weighted by atomic mass is 79.9. The molecule has 0 aliphatic carbocycles. The Bertz CT molecular complexity index is 907. The molecule has 0 bridgehead atoms. The summed E-state index contributed by atoms with van der Waals surface area (Å²) in [6.07, 6.45) is 4.02. The lowest BCUT2D eigenvalue weighted by atomic mass is 10.0. The summed E-state index contributed by atoms with van der Waals surface area (Å²) in [6.45, 7) is 0.930. The molecule has 118 valence electrons. The largest absolute Gasteiger partial charge is 0.373 e. The Kier molecular flexibility index (Phi) is 5.43. The van der Waals surface area contributed by atoms with E-state index in [0.29, 0.717) is 18.8 Å². The van der Waals surface area contributed by atoms with Gasteiger partial charge in [-0.1, -0.05) is 70.5 Å². The summed E-state index contributed by atoms with van der Waals surface area (Å²) in [5.74, 6) is 0. The van der Waals surface area contributed by atoms with Gasteiger partial charge in [-0.25, -0.2) is 0 Å². The maximum atomic E-state index is 9.33. The predicted octanol–water partition coefficient (Wildman–Crippen LogP) is 5.70. The van der Waals surface area contributed by atoms with E-state index in [1.165, 1.54) is 0 Å². The van der Waals surface area contributed by atoms with Gasteiger partial charge in [0.2, 0.25) is 0 Å². The molecule has 0 spiro atoms. The molecular formula is C21H16BrNO. The number of fused-ring (bicyclic) bond motifs is 1. The van der Waals surface area contributed by atoms with E-state index in [2.05, 4.69) is 22.0 Å². The van der Waals surface area contributed by atoms with Crippen molar-refractivity contribution in [3.05, 3.63) is 87.9 Å². The van der Waals surface area contributed by atoms with Gasteiger partial charge >= 0.3 is 0 Å². The van der Waals surface area contributed by atoms with Crippen LogP contribution in [-0.2, 0) is 11.3 Å². The normalized spacial score (nSPS) is 11.0. The summed E-state index contributed by atoms with van der Waals surface area (Å²) < 4.78 is 6.83. The summed E-state index contributed by atoms with van der Waals surface area (Å²) in [5.41, 5.74) is 2.75. The van der Waals surface area contributed by atoms with Crippen molar-refractivity contribution in [1.29, 1.82) is 5.26 Å². The predicted molar refractivity (Wildman–Crippen MR) is 101 cm³/mol. The summed E-state index contributed by atoms with van der Waals surface area (Å²) in [6, 6.07) is 22.3. The van der Waals surface area contributed by atoms with E-state index in [1.807, 2.05) is 72.8 Å². The molecule has 3 aromatic rings. The maximum absolute atomic E-state index is 9.33. The number of hydrogen-bond donors (Lipinski definition) is 0. The van der Waals surface area contributed by atoms with Crippen molar-refractivity contribution < 1.29 is 4.74 Å². The minimum absolute atomic E-state index is 0.426. The molecule has 0 fully saturated rings. The van der Waals surface area contributed by atoms with Gasteiger partial charge in [-0.05, 0) is 34.5 Å². The number of nitrogens with zero attached hydrogens (tertiary/aromatic N) is 1. The molecule has 0 atom stereocenters. The minimum atomic E-state index is 0.426. The average molecular weight is 378 g/mol. The van der Waals surface area contributed by atoms with E-state index in [9.17, 15) is 5.26 Å². The summed E-state index contributed by atoms with van der Waals surface area (Å²) >= 11 is 3.42. The zero-order valence-electron chi connectivity index (χ0n) is 13.1. The van der Waals surface area contributed by atoms with E-state index < -0.39 is 0 Å². The molecule has 0 saturated heterocycles. The highest BCUT2D eigenvalue weighted by molar-refractivity contribution is 9.10. The quantitative estimate of drug-likeness (QED) is 0.533. The second-order valence-corrected chi connectivity index (χ2v) is 6.31. The van der Waals surface area contributed by atoms with Gasteiger partial charge in [-0.2, -0.15) is 5.26 Å². The minimum Gasteiger partial charge on any atom is -0.373 e. The number of ether oxygens (including phenoxy) is 1. The molecule has 0 amide bonds. The van der Waals surface area contributed by atoms with Crippen LogP contribution in [0, 0.1) is 11.3 Å². The van der Waals surface area contributed by atoms with Crippen LogP contribution in [0.5, 0.6) is 0 Å². The second kappa shape index (κ2) is 7.92. The Morgan fingerprint density at radius 1 is 1.00 bits per heavy atom. The van der Waals surface area contributed by atoms with Gasteiger partial charge in [-0.3, -0.25) is 0 Å². The summed E-state index contributed by atoms with van der Waals surface area (Å²) in [7, 11) is 0. The van der Waals surface area contributed by atoms with Gasteiger partial charge in [0, 0.05) is 10.0 Å². The maximum Gasteiger partial charge on any atom is 0.0995 e. The molecule has 0 radical (unpaired) electrons. The van der Waals surface area contributed by atoms with Crippen LogP contribution in [0.15, 0.2) is 71.2 Å². The fraction of sp³-hybridized carbons (Fsp3) is 0.0952. The van der Waals surface area contributed by atoms with E-state index in [4.69, 9.17) is 4.74 Å². The summed E-state index contributed by atoms with van der Waals surface area (Å²) in [5, 5.41) is 11.5. The first-order chi connectivity index (χ1) is 11.8. The van der Waals surface area contributed by atoms with E-state index in [1.54, 1.807) is 0 Å². The van der Waals surface area contributed by atoms with Crippen LogP contribution in [0.4, 0.5) is 0 Å². The van der Waals surface area contributed by atoms with Crippen molar-refractivity contribution in [2.45, 2.75) is 6.61 Å². The van der Waals surface area contributed by atoms with Crippen LogP contribution in [0.2, 0.25) is 0 Å². The standard InChI is InChI=1S/C21H16BrNO/c22-19-11-7-16(8-12-19)4-3-13-24-15-21-18(14-23)10-9-17-5-1-2-6-20(17)21/h1-12H,13,15H2/b4-3+. The fourth-order valence-electron chi connectivity index (χ4n) is 2.58. The Balaban J connectivity index is 1.67. The zero-order valence-corrected chi connectivity index (χ0v) is 14.7. The Labute approximate surface area is 150 Å². The molecule has 3 heteroatoms. The molecule has 2 nitrogen and oxygen atoms in total. The molecule has 0 saturated carbocycles. The second-order valence-electron chi connectivity index (χ2n) is 5.39. The Hall–Kier alpha value is -2.41. The first-order valence-electron chi connectivity index (χ1n) is 7.68. The van der Waals surface area contributed by atoms with Gasteiger partial charge in [0.05, 0.1) is 24.8 Å². The van der Waals surface area contributed by atoms with Crippen molar-refractivity contribution in [2.24, 2.45) is 0 Å². The highest BCUT2D eigenvalue weighted by Crippen LogP contribution is 2.23. The molecule has 0 aliphatic rings. The number of benzene rings is 3. The lowest BCUT2D eigenvalue weighted by Gasteiger charge is -2.09. The molecular weight excluding hydrogens is 362 g/mol. The van der Waals surface area contributed by atoms with Crippen molar-refractivity contribution in [3.8, 4) is 6.07 Å². The SMILES string of the molecule is N#Cc1ccc2ccccc2c1COC/C=C/c1ccc(Br)cc1. The fourth-order valence-corrected chi connectivity index (χ4v) is 2.85. The molecule has 0 aromatic heterocycles. The highest BCUT2D eigenvalue weighted by Gasteiger charge is 2.07. The molecule has 3 aromatic carbocycles. The number of nitriles is 1. The van der Waals surface area contributed by atoms with Gasteiger partial charge < -0.3 is 4.74 Å². The molecule has 24 heavy (non-hydrogen) atoms. The third-order valence-corrected chi connectivity index (χ3v) is 4.33. The van der Waals surface area contributed by atoms with Crippen molar-refractivity contribution >= 4 is 32.8 Å². The number of rotatable bonds is 5. The zero-order chi connectivity index (χ0) is 16.8. The van der Waals surface area contributed by atoms with Crippen molar-refractivity contribution in [1.82, 2.24) is 0 Å². The molecule has 0 aliphatic heterocycles. The average Bonchev–Trinajstić information content (AvgIpc) is 2.63. The van der Waals surface area contributed by atoms with Crippen LogP contribution >= 0.6 is 15.9 Å². The van der Waals surface area contributed by atoms with Crippen molar-refractivity contribution in [2.75, 3.05) is 6.61 Å². The Morgan fingerprint density at radius 3 is 2.58 bits per heavy atom. The van der Waals surface area contributed by atoms with Gasteiger partial charge in [-0.15, -0.1) is 0 Å². The van der Waals surface area contributed by atoms with E-state index in [0.717, 1.165) is 26.4 Å². The first-order valence-corrected chi connectivity index (χ1v) is 8.48.